The number of hydrogen-bond acceptors (Lipinski definition) is 2. The van der Waals surface area contributed by atoms with Gasteiger partial charge in [-0.05, 0) is 43.9 Å². The predicted octanol–water partition coefficient (Wildman–Crippen LogP) is 2.43. The van der Waals surface area contributed by atoms with Gasteiger partial charge in [0.15, 0.2) is 0 Å². The van der Waals surface area contributed by atoms with Crippen LogP contribution in [0.5, 0.6) is 0 Å². The fourth-order valence-corrected chi connectivity index (χ4v) is 2.66. The van der Waals surface area contributed by atoms with E-state index in [-0.39, 0.29) is 18.4 Å². The van der Waals surface area contributed by atoms with Crippen molar-refractivity contribution >= 4 is 5.97 Å². The van der Waals surface area contributed by atoms with Crippen molar-refractivity contribution in [1.29, 1.82) is 0 Å². The maximum atomic E-state index is 10.9. The van der Waals surface area contributed by atoms with Gasteiger partial charge >= 0.3 is 5.97 Å². The highest BCUT2D eigenvalue weighted by atomic mass is 16.4. The average molecular weight is 233 g/mol. The zero-order valence-electron chi connectivity index (χ0n) is 10.4. The minimum atomic E-state index is -0.700. The molecule has 3 nitrogen and oxygen atoms in total. The second kappa shape index (κ2) is 4.88. The largest absolute Gasteiger partial charge is 0.481 e. The summed E-state index contributed by atoms with van der Waals surface area (Å²) in [5, 5.41) is 12.4. The Balaban J connectivity index is 2.25. The molecular formula is C14H19NO2. The van der Waals surface area contributed by atoms with Gasteiger partial charge in [0.1, 0.15) is 0 Å². The van der Waals surface area contributed by atoms with Crippen LogP contribution in [-0.4, -0.2) is 17.6 Å². The molecule has 17 heavy (non-hydrogen) atoms. The monoisotopic (exact) mass is 233 g/mol. The van der Waals surface area contributed by atoms with Crippen molar-refractivity contribution in [1.82, 2.24) is 5.32 Å². The number of benzene rings is 1. The Morgan fingerprint density at radius 3 is 2.94 bits per heavy atom. The Hall–Kier alpha value is -1.35. The molecule has 0 amide bonds. The fraction of sp³-hybridized carbons (Fsp3) is 0.500. The highest BCUT2D eigenvalue weighted by molar-refractivity contribution is 5.67. The molecule has 1 fully saturated rings. The SMILES string of the molecule is Cc1ccc(C)c(C2NCCC2CC(=O)O)c1. The van der Waals surface area contributed by atoms with E-state index in [1.165, 1.54) is 16.7 Å². The van der Waals surface area contributed by atoms with E-state index >= 15 is 0 Å². The molecule has 3 heteroatoms. The van der Waals surface area contributed by atoms with Gasteiger partial charge in [-0.25, -0.2) is 0 Å². The summed E-state index contributed by atoms with van der Waals surface area (Å²) in [6.07, 6.45) is 1.20. The summed E-state index contributed by atoms with van der Waals surface area (Å²) in [6.45, 7) is 5.08. The Kier molecular flexibility index (Phi) is 3.48. The molecule has 0 saturated carbocycles. The van der Waals surface area contributed by atoms with Gasteiger partial charge in [0.05, 0.1) is 6.42 Å². The van der Waals surface area contributed by atoms with Crippen LogP contribution < -0.4 is 5.32 Å². The number of aliphatic carboxylic acids is 1. The molecule has 1 saturated heterocycles. The average Bonchev–Trinajstić information content (AvgIpc) is 2.69. The second-order valence-corrected chi connectivity index (χ2v) is 4.94. The van der Waals surface area contributed by atoms with Crippen LogP contribution >= 0.6 is 0 Å². The highest BCUT2D eigenvalue weighted by Crippen LogP contribution is 2.34. The molecular weight excluding hydrogens is 214 g/mol. The minimum Gasteiger partial charge on any atom is -0.481 e. The van der Waals surface area contributed by atoms with Gasteiger partial charge < -0.3 is 10.4 Å². The van der Waals surface area contributed by atoms with E-state index in [1.54, 1.807) is 0 Å². The van der Waals surface area contributed by atoms with Crippen LogP contribution in [0.2, 0.25) is 0 Å². The van der Waals surface area contributed by atoms with Crippen LogP contribution in [0.4, 0.5) is 0 Å². The Labute approximate surface area is 102 Å². The summed E-state index contributed by atoms with van der Waals surface area (Å²) in [5.41, 5.74) is 3.73. The zero-order valence-corrected chi connectivity index (χ0v) is 10.4. The zero-order chi connectivity index (χ0) is 12.4. The molecule has 2 N–H and O–H groups in total. The lowest BCUT2D eigenvalue weighted by Gasteiger charge is -2.21. The molecule has 0 radical (unpaired) electrons. The first-order chi connectivity index (χ1) is 8.08. The standard InChI is InChI=1S/C14H19NO2/c1-9-3-4-10(2)12(7-9)14-11(5-6-15-14)8-13(16)17/h3-4,7,11,14-15H,5-6,8H2,1-2H3,(H,16,17). The van der Waals surface area contributed by atoms with Gasteiger partial charge in [0, 0.05) is 6.04 Å². The number of aryl methyl sites for hydroxylation is 2. The summed E-state index contributed by atoms with van der Waals surface area (Å²) < 4.78 is 0. The normalized spacial score (nSPS) is 23.9. The molecule has 2 unspecified atom stereocenters. The fourth-order valence-electron chi connectivity index (χ4n) is 2.66. The second-order valence-electron chi connectivity index (χ2n) is 4.94. The molecule has 92 valence electrons. The highest BCUT2D eigenvalue weighted by Gasteiger charge is 2.30. The third-order valence-corrected chi connectivity index (χ3v) is 3.56. The molecule has 1 heterocycles. The first-order valence-electron chi connectivity index (χ1n) is 6.10. The van der Waals surface area contributed by atoms with E-state index < -0.39 is 5.97 Å². The molecule has 0 aromatic heterocycles. The van der Waals surface area contributed by atoms with Crippen LogP contribution in [0.3, 0.4) is 0 Å². The quantitative estimate of drug-likeness (QED) is 0.843. The van der Waals surface area contributed by atoms with Crippen molar-refractivity contribution < 1.29 is 9.90 Å². The van der Waals surface area contributed by atoms with E-state index in [1.807, 2.05) is 0 Å². The summed E-state index contributed by atoms with van der Waals surface area (Å²) in [4.78, 5) is 10.9. The van der Waals surface area contributed by atoms with Crippen LogP contribution in [-0.2, 0) is 4.79 Å². The van der Waals surface area contributed by atoms with Crippen LogP contribution in [0.1, 0.15) is 35.6 Å². The van der Waals surface area contributed by atoms with Gasteiger partial charge in [-0.1, -0.05) is 23.8 Å². The van der Waals surface area contributed by atoms with Gasteiger partial charge in [0.25, 0.3) is 0 Å². The first-order valence-corrected chi connectivity index (χ1v) is 6.10. The van der Waals surface area contributed by atoms with Gasteiger partial charge in [-0.2, -0.15) is 0 Å². The third kappa shape index (κ3) is 2.67. The smallest absolute Gasteiger partial charge is 0.303 e. The molecule has 1 aliphatic rings. The number of carboxylic acid groups (broad SMARTS) is 1. The van der Waals surface area contributed by atoms with Crippen molar-refractivity contribution in [3.63, 3.8) is 0 Å². The summed E-state index contributed by atoms with van der Waals surface area (Å²) >= 11 is 0. The number of rotatable bonds is 3. The number of carboxylic acids is 1. The van der Waals surface area contributed by atoms with E-state index in [2.05, 4.69) is 37.4 Å². The van der Waals surface area contributed by atoms with Gasteiger partial charge in [0.2, 0.25) is 0 Å². The van der Waals surface area contributed by atoms with Crippen molar-refractivity contribution in [3.8, 4) is 0 Å². The van der Waals surface area contributed by atoms with Crippen molar-refractivity contribution in [3.05, 3.63) is 34.9 Å². The maximum absolute atomic E-state index is 10.9. The van der Waals surface area contributed by atoms with E-state index in [0.717, 1.165) is 13.0 Å². The summed E-state index contributed by atoms with van der Waals surface area (Å²) in [5.74, 6) is -0.484. The van der Waals surface area contributed by atoms with Crippen molar-refractivity contribution in [2.45, 2.75) is 32.7 Å². The minimum absolute atomic E-state index is 0.200. The topological polar surface area (TPSA) is 49.3 Å². The molecule has 0 spiro atoms. The molecule has 2 rings (SSSR count). The maximum Gasteiger partial charge on any atom is 0.303 e. The Morgan fingerprint density at radius 2 is 2.24 bits per heavy atom. The Morgan fingerprint density at radius 1 is 1.47 bits per heavy atom. The van der Waals surface area contributed by atoms with Gasteiger partial charge in [-0.3, -0.25) is 4.79 Å². The lowest BCUT2D eigenvalue weighted by molar-refractivity contribution is -0.138. The van der Waals surface area contributed by atoms with E-state index in [0.29, 0.717) is 0 Å². The van der Waals surface area contributed by atoms with Crippen LogP contribution in [0, 0.1) is 19.8 Å². The molecule has 2 atom stereocenters. The van der Waals surface area contributed by atoms with E-state index in [9.17, 15) is 4.79 Å². The number of nitrogens with one attached hydrogen (secondary N) is 1. The van der Waals surface area contributed by atoms with Crippen LogP contribution in [0.15, 0.2) is 18.2 Å². The van der Waals surface area contributed by atoms with Crippen LogP contribution in [0.25, 0.3) is 0 Å². The molecule has 1 aromatic carbocycles. The predicted molar refractivity (Wildman–Crippen MR) is 67.0 cm³/mol. The molecule has 1 aromatic rings. The molecule has 0 bridgehead atoms. The first kappa shape index (κ1) is 12.1. The number of carbonyl (C=O) groups is 1. The summed E-state index contributed by atoms with van der Waals surface area (Å²) in [7, 11) is 0. The van der Waals surface area contributed by atoms with Crippen molar-refractivity contribution in [2.75, 3.05) is 6.54 Å². The van der Waals surface area contributed by atoms with Gasteiger partial charge in [-0.15, -0.1) is 0 Å². The molecule has 1 aliphatic heterocycles. The lowest BCUT2D eigenvalue weighted by atomic mass is 9.88. The lowest BCUT2D eigenvalue weighted by Crippen LogP contribution is -2.20. The van der Waals surface area contributed by atoms with Crippen molar-refractivity contribution in [2.24, 2.45) is 5.92 Å². The molecule has 0 aliphatic carbocycles. The summed E-state index contributed by atoms with van der Waals surface area (Å²) in [6, 6.07) is 6.58. The van der Waals surface area contributed by atoms with E-state index in [4.69, 9.17) is 5.11 Å². The third-order valence-electron chi connectivity index (χ3n) is 3.56. The Bertz CT molecular complexity index is 428. The number of hydrogen-bond donors (Lipinski definition) is 2.